The van der Waals surface area contributed by atoms with Crippen LogP contribution in [-0.2, 0) is 0 Å². The fraction of sp³-hybridized carbons (Fsp3) is 0.200. The van der Waals surface area contributed by atoms with Gasteiger partial charge in [-0.15, -0.1) is 0 Å². The maximum absolute atomic E-state index is 4.07. The quantitative estimate of drug-likeness (QED) is 0.777. The van der Waals surface area contributed by atoms with Crippen LogP contribution in [0.5, 0.6) is 0 Å². The van der Waals surface area contributed by atoms with E-state index in [4.69, 9.17) is 0 Å². The number of aromatic amines is 1. The molecule has 0 aliphatic rings. The average molecular weight is 188 g/mol. The summed E-state index contributed by atoms with van der Waals surface area (Å²) in [6.07, 6.45) is 1.72. The van der Waals surface area contributed by atoms with Crippen LogP contribution in [0.3, 0.4) is 0 Å². The number of hydrogen-bond acceptors (Lipinski definition) is 3. The van der Waals surface area contributed by atoms with Crippen LogP contribution in [-0.4, -0.2) is 29.5 Å². The molecule has 1 aromatic heterocycles. The summed E-state index contributed by atoms with van der Waals surface area (Å²) in [6.45, 7) is 0. The third-order valence-corrected chi connectivity index (χ3v) is 2.08. The van der Waals surface area contributed by atoms with E-state index in [1.165, 1.54) is 0 Å². The molecule has 0 aliphatic heterocycles. The van der Waals surface area contributed by atoms with Gasteiger partial charge in [0, 0.05) is 25.3 Å². The molecule has 0 amide bonds. The Balaban J connectivity index is 2.53. The van der Waals surface area contributed by atoms with Crippen LogP contribution in [0.2, 0.25) is 0 Å². The molecule has 0 fully saturated rings. The van der Waals surface area contributed by atoms with Crippen LogP contribution < -0.4 is 4.90 Å². The van der Waals surface area contributed by atoms with E-state index in [-0.39, 0.29) is 0 Å². The number of nitrogens with zero attached hydrogens (tertiary/aromatic N) is 3. The lowest BCUT2D eigenvalue weighted by Crippen LogP contribution is -2.09. The molecule has 0 radical (unpaired) electrons. The summed E-state index contributed by atoms with van der Waals surface area (Å²) in [6, 6.07) is 8.10. The number of benzene rings is 1. The Bertz CT molecular complexity index is 406. The van der Waals surface area contributed by atoms with Crippen molar-refractivity contribution < 1.29 is 0 Å². The predicted molar refractivity (Wildman–Crippen MR) is 56.1 cm³/mol. The molecule has 4 heteroatoms. The number of nitrogens with one attached hydrogen (secondary N) is 1. The maximum atomic E-state index is 4.07. The van der Waals surface area contributed by atoms with Crippen LogP contribution in [0.4, 0.5) is 5.69 Å². The van der Waals surface area contributed by atoms with E-state index in [9.17, 15) is 0 Å². The van der Waals surface area contributed by atoms with E-state index in [0.29, 0.717) is 0 Å². The fourth-order valence-corrected chi connectivity index (χ4v) is 1.41. The molecular formula is C10H12N4. The molecule has 0 bridgehead atoms. The molecule has 1 N–H and O–H groups in total. The lowest BCUT2D eigenvalue weighted by atomic mass is 10.1. The Labute approximate surface area is 82.6 Å². The summed E-state index contributed by atoms with van der Waals surface area (Å²) in [5.41, 5.74) is 3.10. The van der Waals surface area contributed by atoms with Gasteiger partial charge in [0.1, 0.15) is 5.69 Å². The predicted octanol–water partition coefficient (Wildman–Crippen LogP) is 1.54. The van der Waals surface area contributed by atoms with Crippen molar-refractivity contribution in [1.82, 2.24) is 15.4 Å². The summed E-state index contributed by atoms with van der Waals surface area (Å²) in [4.78, 5) is 2.06. The molecule has 14 heavy (non-hydrogen) atoms. The summed E-state index contributed by atoms with van der Waals surface area (Å²) < 4.78 is 0. The van der Waals surface area contributed by atoms with Gasteiger partial charge >= 0.3 is 0 Å². The van der Waals surface area contributed by atoms with Gasteiger partial charge in [-0.25, -0.2) is 0 Å². The third-order valence-electron chi connectivity index (χ3n) is 2.08. The smallest absolute Gasteiger partial charge is 0.114 e. The third kappa shape index (κ3) is 1.46. The van der Waals surface area contributed by atoms with Crippen LogP contribution in [0.15, 0.2) is 30.5 Å². The minimum Gasteiger partial charge on any atom is -0.377 e. The summed E-state index contributed by atoms with van der Waals surface area (Å²) >= 11 is 0. The second-order valence-electron chi connectivity index (χ2n) is 3.27. The lowest BCUT2D eigenvalue weighted by molar-refractivity contribution is 0.942. The van der Waals surface area contributed by atoms with Gasteiger partial charge in [0.2, 0.25) is 0 Å². The number of para-hydroxylation sites is 1. The second kappa shape index (κ2) is 3.49. The summed E-state index contributed by atoms with van der Waals surface area (Å²) in [5.74, 6) is 0. The minimum atomic E-state index is 0.870. The zero-order chi connectivity index (χ0) is 9.97. The Hall–Kier alpha value is -1.84. The normalized spacial score (nSPS) is 10.1. The molecule has 1 heterocycles. The molecule has 2 rings (SSSR count). The van der Waals surface area contributed by atoms with E-state index in [1.807, 2.05) is 32.3 Å². The first-order valence-electron chi connectivity index (χ1n) is 4.41. The van der Waals surface area contributed by atoms with Gasteiger partial charge < -0.3 is 4.90 Å². The Morgan fingerprint density at radius 3 is 2.64 bits per heavy atom. The van der Waals surface area contributed by atoms with Gasteiger partial charge in [-0.3, -0.25) is 0 Å². The number of H-pyrrole nitrogens is 1. The second-order valence-corrected chi connectivity index (χ2v) is 3.27. The summed E-state index contributed by atoms with van der Waals surface area (Å²) in [7, 11) is 4.03. The van der Waals surface area contributed by atoms with E-state index in [1.54, 1.807) is 6.20 Å². The molecule has 0 aliphatic carbocycles. The van der Waals surface area contributed by atoms with Crippen molar-refractivity contribution in [3.63, 3.8) is 0 Å². The number of anilines is 1. The van der Waals surface area contributed by atoms with Gasteiger partial charge in [0.25, 0.3) is 0 Å². The first-order valence-corrected chi connectivity index (χ1v) is 4.41. The van der Waals surface area contributed by atoms with Crippen molar-refractivity contribution in [1.29, 1.82) is 0 Å². The fourth-order valence-electron chi connectivity index (χ4n) is 1.41. The zero-order valence-corrected chi connectivity index (χ0v) is 8.23. The van der Waals surface area contributed by atoms with Crippen molar-refractivity contribution in [3.05, 3.63) is 30.5 Å². The molecule has 2 aromatic rings. The van der Waals surface area contributed by atoms with Gasteiger partial charge in [-0.05, 0) is 6.07 Å². The molecule has 0 saturated carbocycles. The minimum absolute atomic E-state index is 0.870. The van der Waals surface area contributed by atoms with Gasteiger partial charge in [-0.1, -0.05) is 18.2 Å². The molecule has 0 atom stereocenters. The first kappa shape index (κ1) is 8.74. The van der Waals surface area contributed by atoms with E-state index in [2.05, 4.69) is 26.4 Å². The lowest BCUT2D eigenvalue weighted by Gasteiger charge is -2.15. The van der Waals surface area contributed by atoms with Gasteiger partial charge in [0.15, 0.2) is 0 Å². The summed E-state index contributed by atoms with van der Waals surface area (Å²) in [5, 5.41) is 10.5. The number of hydrogen-bond donors (Lipinski definition) is 1. The van der Waals surface area contributed by atoms with Crippen molar-refractivity contribution >= 4 is 5.69 Å². The van der Waals surface area contributed by atoms with Crippen LogP contribution in [0, 0.1) is 0 Å². The Morgan fingerprint density at radius 1 is 1.21 bits per heavy atom. The van der Waals surface area contributed by atoms with Crippen molar-refractivity contribution in [2.24, 2.45) is 0 Å². The molecule has 4 nitrogen and oxygen atoms in total. The SMILES string of the molecule is CN(C)c1ccccc1-c1cn[nH]n1. The van der Waals surface area contributed by atoms with Crippen LogP contribution >= 0.6 is 0 Å². The van der Waals surface area contributed by atoms with Gasteiger partial charge in [-0.2, -0.15) is 15.4 Å². The Kier molecular flexibility index (Phi) is 2.18. The van der Waals surface area contributed by atoms with Crippen molar-refractivity contribution in [3.8, 4) is 11.3 Å². The molecule has 1 aromatic carbocycles. The molecule has 72 valence electrons. The highest BCUT2D eigenvalue weighted by molar-refractivity contribution is 5.75. The molecular weight excluding hydrogens is 176 g/mol. The van der Waals surface area contributed by atoms with Gasteiger partial charge in [0.05, 0.1) is 6.20 Å². The average Bonchev–Trinajstić information content (AvgIpc) is 2.70. The van der Waals surface area contributed by atoms with E-state index >= 15 is 0 Å². The monoisotopic (exact) mass is 188 g/mol. The maximum Gasteiger partial charge on any atom is 0.114 e. The highest BCUT2D eigenvalue weighted by Crippen LogP contribution is 2.26. The zero-order valence-electron chi connectivity index (χ0n) is 8.23. The Morgan fingerprint density at radius 2 is 2.00 bits per heavy atom. The van der Waals surface area contributed by atoms with E-state index < -0.39 is 0 Å². The topological polar surface area (TPSA) is 44.8 Å². The number of aromatic nitrogens is 3. The van der Waals surface area contributed by atoms with Crippen LogP contribution in [0.25, 0.3) is 11.3 Å². The largest absolute Gasteiger partial charge is 0.377 e. The number of rotatable bonds is 2. The highest BCUT2D eigenvalue weighted by atomic mass is 15.3. The van der Waals surface area contributed by atoms with Crippen molar-refractivity contribution in [2.75, 3.05) is 19.0 Å². The first-order chi connectivity index (χ1) is 6.79. The molecule has 0 saturated heterocycles. The molecule has 0 spiro atoms. The highest BCUT2D eigenvalue weighted by Gasteiger charge is 2.07. The van der Waals surface area contributed by atoms with Crippen LogP contribution in [0.1, 0.15) is 0 Å². The van der Waals surface area contributed by atoms with E-state index in [0.717, 1.165) is 16.9 Å². The standard InChI is InChI=1S/C10H12N4/c1-14(2)10-6-4-3-5-8(10)9-7-11-13-12-9/h3-7H,1-2H3,(H,11,12,13). The molecule has 0 unspecified atom stereocenters. The van der Waals surface area contributed by atoms with Crippen molar-refractivity contribution in [2.45, 2.75) is 0 Å².